The van der Waals surface area contributed by atoms with Crippen LogP contribution in [0.1, 0.15) is 22.4 Å². The molecule has 1 aromatic heterocycles. The molecule has 0 saturated heterocycles. The Labute approximate surface area is 111 Å². The standard InChI is InChI=1S/C14H17N3S/c1-2-12-7-16-8-13(12)5-11(1)6-15-4-3-14-9-18-10-17-14/h1-2,5,9-10,15-16H,3-4,6-8H2. The summed E-state index contributed by atoms with van der Waals surface area (Å²) in [5.74, 6) is 0. The van der Waals surface area contributed by atoms with E-state index in [2.05, 4.69) is 39.2 Å². The van der Waals surface area contributed by atoms with Crippen molar-refractivity contribution in [2.75, 3.05) is 6.54 Å². The first-order valence-corrected chi connectivity index (χ1v) is 7.25. The molecule has 0 amide bonds. The summed E-state index contributed by atoms with van der Waals surface area (Å²) in [5.41, 5.74) is 7.35. The van der Waals surface area contributed by atoms with Gasteiger partial charge >= 0.3 is 0 Å². The Morgan fingerprint density at radius 1 is 1.28 bits per heavy atom. The van der Waals surface area contributed by atoms with Crippen LogP contribution in [-0.2, 0) is 26.1 Å². The molecule has 18 heavy (non-hydrogen) atoms. The Bertz CT molecular complexity index is 508. The van der Waals surface area contributed by atoms with Crippen LogP contribution < -0.4 is 10.6 Å². The zero-order valence-electron chi connectivity index (χ0n) is 10.3. The molecule has 1 aromatic carbocycles. The average Bonchev–Trinajstić information content (AvgIpc) is 3.05. The molecule has 2 N–H and O–H groups in total. The van der Waals surface area contributed by atoms with E-state index >= 15 is 0 Å². The van der Waals surface area contributed by atoms with Crippen molar-refractivity contribution < 1.29 is 0 Å². The lowest BCUT2D eigenvalue weighted by Gasteiger charge is -2.06. The van der Waals surface area contributed by atoms with Crippen molar-refractivity contribution in [3.63, 3.8) is 0 Å². The number of benzene rings is 1. The van der Waals surface area contributed by atoms with E-state index in [1.54, 1.807) is 11.3 Å². The first kappa shape index (κ1) is 11.8. The third kappa shape index (κ3) is 2.77. The van der Waals surface area contributed by atoms with Crippen molar-refractivity contribution in [3.8, 4) is 0 Å². The van der Waals surface area contributed by atoms with Crippen LogP contribution in [0.25, 0.3) is 0 Å². The highest BCUT2D eigenvalue weighted by molar-refractivity contribution is 7.07. The topological polar surface area (TPSA) is 37.0 Å². The van der Waals surface area contributed by atoms with Crippen LogP contribution in [0.15, 0.2) is 29.1 Å². The van der Waals surface area contributed by atoms with Gasteiger partial charge in [-0.1, -0.05) is 18.2 Å². The number of hydrogen-bond donors (Lipinski definition) is 2. The molecule has 0 unspecified atom stereocenters. The predicted molar refractivity (Wildman–Crippen MR) is 74.5 cm³/mol. The molecule has 2 heterocycles. The summed E-state index contributed by atoms with van der Waals surface area (Å²) in [5, 5.41) is 8.96. The summed E-state index contributed by atoms with van der Waals surface area (Å²) in [6, 6.07) is 6.78. The van der Waals surface area contributed by atoms with Gasteiger partial charge < -0.3 is 10.6 Å². The fourth-order valence-electron chi connectivity index (χ4n) is 2.27. The van der Waals surface area contributed by atoms with Crippen LogP contribution in [0.4, 0.5) is 0 Å². The third-order valence-corrected chi connectivity index (χ3v) is 3.91. The van der Waals surface area contributed by atoms with E-state index in [0.717, 1.165) is 32.6 Å². The van der Waals surface area contributed by atoms with Crippen LogP contribution in [0.3, 0.4) is 0 Å². The van der Waals surface area contributed by atoms with E-state index in [-0.39, 0.29) is 0 Å². The quantitative estimate of drug-likeness (QED) is 0.807. The molecule has 0 aliphatic carbocycles. The SMILES string of the molecule is c1nc(CCNCc2ccc3c(c2)CNC3)cs1. The molecule has 0 spiro atoms. The molecule has 0 atom stereocenters. The summed E-state index contributed by atoms with van der Waals surface area (Å²) < 4.78 is 0. The van der Waals surface area contributed by atoms with Crippen LogP contribution in [0, 0.1) is 0 Å². The Kier molecular flexibility index (Phi) is 3.69. The molecular formula is C14H17N3S. The minimum Gasteiger partial charge on any atom is -0.312 e. The summed E-state index contributed by atoms with van der Waals surface area (Å²) in [6.07, 6.45) is 1.01. The van der Waals surface area contributed by atoms with Gasteiger partial charge in [0.2, 0.25) is 0 Å². The normalized spacial score (nSPS) is 13.8. The third-order valence-electron chi connectivity index (χ3n) is 3.27. The van der Waals surface area contributed by atoms with Crippen molar-refractivity contribution in [1.29, 1.82) is 0 Å². The molecule has 4 heteroatoms. The lowest BCUT2D eigenvalue weighted by molar-refractivity contribution is 0.681. The zero-order chi connectivity index (χ0) is 12.2. The second kappa shape index (κ2) is 5.61. The van der Waals surface area contributed by atoms with Gasteiger partial charge in [-0.2, -0.15) is 0 Å². The van der Waals surface area contributed by atoms with Crippen molar-refractivity contribution in [2.24, 2.45) is 0 Å². The van der Waals surface area contributed by atoms with Crippen molar-refractivity contribution in [1.82, 2.24) is 15.6 Å². The van der Waals surface area contributed by atoms with Gasteiger partial charge in [-0.05, 0) is 16.7 Å². The lowest BCUT2D eigenvalue weighted by Crippen LogP contribution is -2.16. The highest BCUT2D eigenvalue weighted by atomic mass is 32.1. The van der Waals surface area contributed by atoms with Gasteiger partial charge in [0.05, 0.1) is 11.2 Å². The molecule has 0 radical (unpaired) electrons. The van der Waals surface area contributed by atoms with E-state index in [1.807, 2.05) is 5.51 Å². The number of thiazole rings is 1. The lowest BCUT2D eigenvalue weighted by atomic mass is 10.1. The first-order valence-electron chi connectivity index (χ1n) is 6.31. The predicted octanol–water partition coefficient (Wildman–Crippen LogP) is 2.08. The Hall–Kier alpha value is -1.23. The van der Waals surface area contributed by atoms with E-state index < -0.39 is 0 Å². The largest absolute Gasteiger partial charge is 0.312 e. The second-order valence-electron chi connectivity index (χ2n) is 4.61. The summed E-state index contributed by atoms with van der Waals surface area (Å²) in [6.45, 7) is 3.96. The number of rotatable bonds is 5. The molecular weight excluding hydrogens is 242 g/mol. The molecule has 0 saturated carbocycles. The smallest absolute Gasteiger partial charge is 0.0794 e. The average molecular weight is 259 g/mol. The first-order chi connectivity index (χ1) is 8.92. The van der Waals surface area contributed by atoms with Crippen molar-refractivity contribution in [2.45, 2.75) is 26.1 Å². The fraction of sp³-hybridized carbons (Fsp3) is 0.357. The van der Waals surface area contributed by atoms with Crippen molar-refractivity contribution >= 4 is 11.3 Å². The van der Waals surface area contributed by atoms with E-state index in [0.29, 0.717) is 0 Å². The number of fused-ring (bicyclic) bond motifs is 1. The van der Waals surface area contributed by atoms with E-state index in [9.17, 15) is 0 Å². The van der Waals surface area contributed by atoms with Crippen LogP contribution >= 0.6 is 11.3 Å². The molecule has 3 rings (SSSR count). The highest BCUT2D eigenvalue weighted by Gasteiger charge is 2.09. The maximum atomic E-state index is 4.28. The van der Waals surface area contributed by atoms with E-state index in [4.69, 9.17) is 0 Å². The Morgan fingerprint density at radius 3 is 3.11 bits per heavy atom. The second-order valence-corrected chi connectivity index (χ2v) is 5.33. The van der Waals surface area contributed by atoms with Gasteiger partial charge in [0.25, 0.3) is 0 Å². The number of nitrogens with zero attached hydrogens (tertiary/aromatic N) is 1. The maximum absolute atomic E-state index is 4.28. The van der Waals surface area contributed by atoms with Gasteiger partial charge in [-0.3, -0.25) is 0 Å². The summed E-state index contributed by atoms with van der Waals surface area (Å²) >= 11 is 1.66. The fourth-order valence-corrected chi connectivity index (χ4v) is 2.86. The minimum absolute atomic E-state index is 0.942. The van der Waals surface area contributed by atoms with Gasteiger partial charge in [-0.15, -0.1) is 11.3 Å². The minimum atomic E-state index is 0.942. The summed E-state index contributed by atoms with van der Waals surface area (Å²) in [4.78, 5) is 4.28. The molecule has 3 nitrogen and oxygen atoms in total. The number of aromatic nitrogens is 1. The zero-order valence-corrected chi connectivity index (χ0v) is 11.1. The van der Waals surface area contributed by atoms with Crippen LogP contribution in [-0.4, -0.2) is 11.5 Å². The monoisotopic (exact) mass is 259 g/mol. The molecule has 1 aliphatic rings. The van der Waals surface area contributed by atoms with Gasteiger partial charge in [0.1, 0.15) is 0 Å². The van der Waals surface area contributed by atoms with Gasteiger partial charge in [0.15, 0.2) is 0 Å². The van der Waals surface area contributed by atoms with Crippen molar-refractivity contribution in [3.05, 3.63) is 51.5 Å². The van der Waals surface area contributed by atoms with Gasteiger partial charge in [0, 0.05) is 38.0 Å². The Balaban J connectivity index is 1.48. The van der Waals surface area contributed by atoms with Crippen LogP contribution in [0.2, 0.25) is 0 Å². The Morgan fingerprint density at radius 2 is 2.22 bits per heavy atom. The molecule has 0 bridgehead atoms. The van der Waals surface area contributed by atoms with E-state index in [1.165, 1.54) is 22.4 Å². The number of nitrogens with one attached hydrogen (secondary N) is 2. The van der Waals surface area contributed by atoms with Crippen LogP contribution in [0.5, 0.6) is 0 Å². The number of hydrogen-bond acceptors (Lipinski definition) is 4. The molecule has 1 aliphatic heterocycles. The van der Waals surface area contributed by atoms with Gasteiger partial charge in [-0.25, -0.2) is 4.98 Å². The highest BCUT2D eigenvalue weighted by Crippen LogP contribution is 2.16. The molecule has 2 aromatic rings. The summed E-state index contributed by atoms with van der Waals surface area (Å²) in [7, 11) is 0. The maximum Gasteiger partial charge on any atom is 0.0794 e. The molecule has 0 fully saturated rings. The molecule has 94 valence electrons.